The molecule has 19 heavy (non-hydrogen) atoms. The van der Waals surface area contributed by atoms with Crippen LogP contribution in [-0.4, -0.2) is 46.5 Å². The van der Waals surface area contributed by atoms with E-state index < -0.39 is 25.8 Å². The van der Waals surface area contributed by atoms with E-state index in [1.807, 2.05) is 0 Å². The molecule has 0 heterocycles. The third kappa shape index (κ3) is 4.97. The summed E-state index contributed by atoms with van der Waals surface area (Å²) in [5.74, 6) is -1.46. The van der Waals surface area contributed by atoms with E-state index in [1.54, 1.807) is 0 Å². The minimum absolute atomic E-state index is 0.0323. The Kier molecular flexibility index (Phi) is 4.66. The molecule has 2 N–H and O–H groups in total. The molecule has 1 rings (SSSR count). The van der Waals surface area contributed by atoms with Crippen LogP contribution >= 0.6 is 0 Å². The van der Waals surface area contributed by atoms with Gasteiger partial charge >= 0.3 is 5.97 Å². The van der Waals surface area contributed by atoms with Gasteiger partial charge in [-0.1, -0.05) is 0 Å². The molecule has 0 spiro atoms. The zero-order chi connectivity index (χ0) is 14.7. The van der Waals surface area contributed by atoms with Crippen LogP contribution in [0.25, 0.3) is 0 Å². The summed E-state index contributed by atoms with van der Waals surface area (Å²) in [5.41, 5.74) is -0.0323. The van der Waals surface area contributed by atoms with E-state index in [2.05, 4.69) is 4.72 Å². The van der Waals surface area contributed by atoms with Gasteiger partial charge in [-0.2, -0.15) is 0 Å². The number of benzene rings is 1. The molecule has 0 amide bonds. The maximum atomic E-state index is 11.7. The van der Waals surface area contributed by atoms with E-state index >= 15 is 0 Å². The second-order valence-corrected chi connectivity index (χ2v) is 7.88. The summed E-state index contributed by atoms with van der Waals surface area (Å²) in [6, 6.07) is 4.61. The SMILES string of the molecule is CS(=O)(=O)CCNS(=O)(=O)c1ccc(C(=O)O)cc1. The van der Waals surface area contributed by atoms with Crippen molar-refractivity contribution in [3.8, 4) is 0 Å². The summed E-state index contributed by atoms with van der Waals surface area (Å²) < 4.78 is 47.4. The first-order chi connectivity index (χ1) is 8.62. The number of hydrogen-bond acceptors (Lipinski definition) is 5. The highest BCUT2D eigenvalue weighted by Crippen LogP contribution is 2.10. The van der Waals surface area contributed by atoms with Crippen molar-refractivity contribution in [2.75, 3.05) is 18.6 Å². The highest BCUT2D eigenvalue weighted by atomic mass is 32.2. The highest BCUT2D eigenvalue weighted by Gasteiger charge is 2.15. The van der Waals surface area contributed by atoms with Crippen molar-refractivity contribution in [1.29, 1.82) is 0 Å². The van der Waals surface area contributed by atoms with Crippen LogP contribution in [-0.2, 0) is 19.9 Å². The van der Waals surface area contributed by atoms with Crippen LogP contribution in [0.2, 0.25) is 0 Å². The van der Waals surface area contributed by atoms with Crippen LogP contribution < -0.4 is 4.72 Å². The maximum absolute atomic E-state index is 11.7. The Hall–Kier alpha value is -1.45. The molecular weight excluding hydrogens is 294 g/mol. The lowest BCUT2D eigenvalue weighted by atomic mass is 10.2. The number of sulfone groups is 1. The Morgan fingerprint density at radius 3 is 2.11 bits per heavy atom. The molecule has 1 aromatic rings. The number of carboxylic acid groups (broad SMARTS) is 1. The second-order valence-electron chi connectivity index (χ2n) is 3.86. The fraction of sp³-hybridized carbons (Fsp3) is 0.300. The molecule has 0 bridgehead atoms. The zero-order valence-electron chi connectivity index (χ0n) is 10.0. The fourth-order valence-corrected chi connectivity index (χ4v) is 2.86. The van der Waals surface area contributed by atoms with Crippen LogP contribution in [0.15, 0.2) is 29.2 Å². The zero-order valence-corrected chi connectivity index (χ0v) is 11.7. The minimum atomic E-state index is -3.83. The lowest BCUT2D eigenvalue weighted by molar-refractivity contribution is 0.0696. The van der Waals surface area contributed by atoms with Gasteiger partial charge in [-0.05, 0) is 24.3 Å². The summed E-state index contributed by atoms with van der Waals surface area (Å²) in [7, 11) is -7.08. The third-order valence-electron chi connectivity index (χ3n) is 2.18. The summed E-state index contributed by atoms with van der Waals surface area (Å²) in [6.07, 6.45) is 1.00. The third-order valence-corrected chi connectivity index (χ3v) is 4.60. The standard InChI is InChI=1S/C10H13NO6S2/c1-18(14,15)7-6-11-19(16,17)9-4-2-8(3-5-9)10(12)13/h2-5,11H,6-7H2,1H3,(H,12,13). The largest absolute Gasteiger partial charge is 0.478 e. The Morgan fingerprint density at radius 2 is 1.68 bits per heavy atom. The van der Waals surface area contributed by atoms with Crippen molar-refractivity contribution in [2.45, 2.75) is 4.90 Å². The lowest BCUT2D eigenvalue weighted by Crippen LogP contribution is -2.28. The molecule has 0 aliphatic rings. The van der Waals surface area contributed by atoms with Gasteiger partial charge in [0.25, 0.3) is 0 Å². The number of aromatic carboxylic acids is 1. The summed E-state index contributed by atoms with van der Waals surface area (Å²) >= 11 is 0. The quantitative estimate of drug-likeness (QED) is 0.745. The van der Waals surface area contributed by atoms with E-state index in [1.165, 1.54) is 0 Å². The molecule has 0 fully saturated rings. The van der Waals surface area contributed by atoms with E-state index in [-0.39, 0.29) is 22.8 Å². The molecule has 0 unspecified atom stereocenters. The second kappa shape index (κ2) is 5.68. The topological polar surface area (TPSA) is 118 Å². The number of carbonyl (C=O) groups is 1. The molecule has 0 aromatic heterocycles. The number of sulfonamides is 1. The average molecular weight is 307 g/mol. The first-order valence-corrected chi connectivity index (χ1v) is 8.67. The van der Waals surface area contributed by atoms with Crippen LogP contribution in [0.4, 0.5) is 0 Å². The number of hydrogen-bond donors (Lipinski definition) is 2. The first-order valence-electron chi connectivity index (χ1n) is 5.12. The molecule has 0 aliphatic heterocycles. The van der Waals surface area contributed by atoms with Gasteiger partial charge in [0.05, 0.1) is 16.2 Å². The number of nitrogens with one attached hydrogen (secondary N) is 1. The molecule has 0 saturated carbocycles. The van der Waals surface area contributed by atoms with E-state index in [9.17, 15) is 21.6 Å². The predicted molar refractivity (Wildman–Crippen MR) is 68.3 cm³/mol. The number of rotatable bonds is 6. The first kappa shape index (κ1) is 15.6. The smallest absolute Gasteiger partial charge is 0.335 e. The van der Waals surface area contributed by atoms with E-state index in [4.69, 9.17) is 5.11 Å². The molecule has 106 valence electrons. The van der Waals surface area contributed by atoms with Gasteiger partial charge in [0.2, 0.25) is 10.0 Å². The minimum Gasteiger partial charge on any atom is -0.478 e. The van der Waals surface area contributed by atoms with Crippen LogP contribution in [0.5, 0.6) is 0 Å². The number of carboxylic acids is 1. The van der Waals surface area contributed by atoms with Crippen molar-refractivity contribution in [1.82, 2.24) is 4.72 Å². The van der Waals surface area contributed by atoms with E-state index in [0.29, 0.717) is 0 Å². The molecule has 0 atom stereocenters. The van der Waals surface area contributed by atoms with Gasteiger partial charge in [0.15, 0.2) is 0 Å². The van der Waals surface area contributed by atoms with Gasteiger partial charge in [0, 0.05) is 12.8 Å². The van der Waals surface area contributed by atoms with Crippen LogP contribution in [0.3, 0.4) is 0 Å². The molecule has 7 nitrogen and oxygen atoms in total. The Bertz CT molecular complexity index is 660. The van der Waals surface area contributed by atoms with Gasteiger partial charge in [0.1, 0.15) is 9.84 Å². The van der Waals surface area contributed by atoms with Crippen molar-refractivity contribution >= 4 is 25.8 Å². The van der Waals surface area contributed by atoms with E-state index in [0.717, 1.165) is 30.5 Å². The van der Waals surface area contributed by atoms with Crippen molar-refractivity contribution in [3.05, 3.63) is 29.8 Å². The monoisotopic (exact) mass is 307 g/mol. The molecule has 0 aliphatic carbocycles. The average Bonchev–Trinajstić information content (AvgIpc) is 2.27. The van der Waals surface area contributed by atoms with Gasteiger partial charge in [-0.25, -0.2) is 26.4 Å². The Balaban J connectivity index is 2.80. The maximum Gasteiger partial charge on any atom is 0.335 e. The normalized spacial score (nSPS) is 12.3. The Morgan fingerprint density at radius 1 is 1.16 bits per heavy atom. The van der Waals surface area contributed by atoms with Crippen molar-refractivity contribution in [3.63, 3.8) is 0 Å². The highest BCUT2D eigenvalue weighted by molar-refractivity contribution is 7.91. The summed E-state index contributed by atoms with van der Waals surface area (Å²) in [6.45, 7) is -0.234. The summed E-state index contributed by atoms with van der Waals surface area (Å²) in [4.78, 5) is 10.5. The lowest BCUT2D eigenvalue weighted by Gasteiger charge is -2.06. The van der Waals surface area contributed by atoms with Crippen LogP contribution in [0.1, 0.15) is 10.4 Å². The summed E-state index contributed by atoms with van der Waals surface area (Å²) in [5, 5.41) is 8.68. The van der Waals surface area contributed by atoms with Crippen molar-refractivity contribution in [2.24, 2.45) is 0 Å². The van der Waals surface area contributed by atoms with Crippen LogP contribution in [0, 0.1) is 0 Å². The van der Waals surface area contributed by atoms with Gasteiger partial charge in [-0.15, -0.1) is 0 Å². The molecule has 1 aromatic carbocycles. The molecule has 9 heteroatoms. The molecule has 0 radical (unpaired) electrons. The Labute approximate surface area is 111 Å². The molecular formula is C10H13NO6S2. The van der Waals surface area contributed by atoms with Gasteiger partial charge in [-0.3, -0.25) is 0 Å². The fourth-order valence-electron chi connectivity index (χ4n) is 1.22. The van der Waals surface area contributed by atoms with Gasteiger partial charge < -0.3 is 5.11 Å². The molecule has 0 saturated heterocycles. The van der Waals surface area contributed by atoms with Crippen molar-refractivity contribution < 1.29 is 26.7 Å². The predicted octanol–water partition coefficient (Wildman–Crippen LogP) is -0.292.